The second kappa shape index (κ2) is 4.11. The minimum absolute atomic E-state index is 0.312. The molecular weight excluding hydrogens is 180 g/mol. The zero-order chi connectivity index (χ0) is 10.7. The molecule has 1 rings (SSSR count). The number of nitrogen functional groups attached to an aromatic ring is 1. The van der Waals surface area contributed by atoms with Gasteiger partial charge in [0.05, 0.1) is 0 Å². The van der Waals surface area contributed by atoms with Gasteiger partial charge in [-0.2, -0.15) is 0 Å². The standard InChI is InChI=1S/C10H14N2O2/c1-6-7(3-2-4-8(6)11)5-9(12)10(13)14/h2-4,9H,5,11-12H2,1H3,(H,13,14)/t9-/m0/s1. The predicted octanol–water partition coefficient (Wildman–Crippen LogP) is 0.532. The molecule has 4 nitrogen and oxygen atoms in total. The summed E-state index contributed by atoms with van der Waals surface area (Å²) in [6.45, 7) is 1.86. The number of benzene rings is 1. The van der Waals surface area contributed by atoms with Crippen molar-refractivity contribution in [3.8, 4) is 0 Å². The average Bonchev–Trinajstić information content (AvgIpc) is 2.12. The van der Waals surface area contributed by atoms with Gasteiger partial charge in [-0.15, -0.1) is 0 Å². The van der Waals surface area contributed by atoms with Crippen LogP contribution in [0, 0.1) is 6.92 Å². The summed E-state index contributed by atoms with van der Waals surface area (Å²) in [5, 5.41) is 8.65. The highest BCUT2D eigenvalue weighted by atomic mass is 16.4. The molecule has 76 valence electrons. The molecule has 0 aliphatic heterocycles. The van der Waals surface area contributed by atoms with Crippen LogP contribution in [0.15, 0.2) is 18.2 Å². The van der Waals surface area contributed by atoms with Crippen LogP contribution < -0.4 is 11.5 Å². The zero-order valence-corrected chi connectivity index (χ0v) is 8.03. The monoisotopic (exact) mass is 194 g/mol. The summed E-state index contributed by atoms with van der Waals surface area (Å²) in [6.07, 6.45) is 0.312. The van der Waals surface area contributed by atoms with Gasteiger partial charge >= 0.3 is 5.97 Å². The van der Waals surface area contributed by atoms with Crippen LogP contribution in [0.25, 0.3) is 0 Å². The van der Waals surface area contributed by atoms with Crippen LogP contribution in [0.3, 0.4) is 0 Å². The molecule has 5 N–H and O–H groups in total. The number of rotatable bonds is 3. The number of carboxylic acids is 1. The van der Waals surface area contributed by atoms with Gasteiger partial charge in [-0.05, 0) is 30.5 Å². The largest absolute Gasteiger partial charge is 0.480 e. The Morgan fingerprint density at radius 1 is 1.57 bits per heavy atom. The van der Waals surface area contributed by atoms with Crippen molar-refractivity contribution < 1.29 is 9.90 Å². The molecule has 0 fully saturated rings. The molecule has 0 saturated carbocycles. The van der Waals surface area contributed by atoms with E-state index in [-0.39, 0.29) is 0 Å². The highest BCUT2D eigenvalue weighted by molar-refractivity contribution is 5.73. The molecule has 0 bridgehead atoms. The van der Waals surface area contributed by atoms with E-state index in [0.29, 0.717) is 12.1 Å². The summed E-state index contributed by atoms with van der Waals surface area (Å²) in [5.41, 5.74) is 13.6. The molecule has 0 spiro atoms. The minimum atomic E-state index is -0.994. The lowest BCUT2D eigenvalue weighted by molar-refractivity contribution is -0.138. The van der Waals surface area contributed by atoms with E-state index in [4.69, 9.17) is 16.6 Å². The lowest BCUT2D eigenvalue weighted by atomic mass is 10.0. The molecule has 4 heteroatoms. The van der Waals surface area contributed by atoms with Crippen LogP contribution >= 0.6 is 0 Å². The smallest absolute Gasteiger partial charge is 0.320 e. The number of nitrogens with two attached hydrogens (primary N) is 2. The second-order valence-corrected chi connectivity index (χ2v) is 3.28. The number of carbonyl (C=O) groups is 1. The number of carboxylic acid groups (broad SMARTS) is 1. The first kappa shape index (κ1) is 10.5. The predicted molar refractivity (Wildman–Crippen MR) is 54.9 cm³/mol. The van der Waals surface area contributed by atoms with E-state index in [1.54, 1.807) is 12.1 Å². The molecule has 1 aromatic rings. The Bertz CT molecular complexity index is 350. The number of hydrogen-bond acceptors (Lipinski definition) is 3. The number of hydrogen-bond donors (Lipinski definition) is 3. The molecule has 1 aromatic carbocycles. The molecular formula is C10H14N2O2. The van der Waals surface area contributed by atoms with E-state index in [1.807, 2.05) is 13.0 Å². The maximum Gasteiger partial charge on any atom is 0.320 e. The van der Waals surface area contributed by atoms with Crippen molar-refractivity contribution >= 4 is 11.7 Å². The van der Waals surface area contributed by atoms with Gasteiger partial charge in [0.2, 0.25) is 0 Å². The summed E-state index contributed by atoms with van der Waals surface area (Å²) < 4.78 is 0. The lowest BCUT2D eigenvalue weighted by Gasteiger charge is -2.10. The molecule has 0 saturated heterocycles. The Morgan fingerprint density at radius 2 is 2.21 bits per heavy atom. The quantitative estimate of drug-likeness (QED) is 0.612. The third-order valence-corrected chi connectivity index (χ3v) is 2.24. The normalized spacial score (nSPS) is 12.4. The number of anilines is 1. The fourth-order valence-electron chi connectivity index (χ4n) is 1.25. The van der Waals surface area contributed by atoms with E-state index in [1.165, 1.54) is 0 Å². The average molecular weight is 194 g/mol. The van der Waals surface area contributed by atoms with Gasteiger partial charge in [0.1, 0.15) is 6.04 Å². The first-order valence-electron chi connectivity index (χ1n) is 4.34. The highest BCUT2D eigenvalue weighted by Crippen LogP contribution is 2.16. The minimum Gasteiger partial charge on any atom is -0.480 e. The van der Waals surface area contributed by atoms with Crippen molar-refractivity contribution in [1.82, 2.24) is 0 Å². The summed E-state index contributed by atoms with van der Waals surface area (Å²) >= 11 is 0. The third-order valence-electron chi connectivity index (χ3n) is 2.24. The van der Waals surface area contributed by atoms with Gasteiger partial charge in [0.15, 0.2) is 0 Å². The molecule has 0 radical (unpaired) electrons. The van der Waals surface area contributed by atoms with Crippen molar-refractivity contribution in [3.63, 3.8) is 0 Å². The first-order chi connectivity index (χ1) is 6.52. The van der Waals surface area contributed by atoms with Crippen molar-refractivity contribution in [2.45, 2.75) is 19.4 Å². The summed E-state index contributed by atoms with van der Waals surface area (Å²) in [6, 6.07) is 4.56. The Morgan fingerprint density at radius 3 is 2.79 bits per heavy atom. The van der Waals surface area contributed by atoms with Crippen molar-refractivity contribution in [2.75, 3.05) is 5.73 Å². The van der Waals surface area contributed by atoms with Gasteiger partial charge in [-0.1, -0.05) is 12.1 Å². The number of aliphatic carboxylic acids is 1. The Labute approximate surface area is 82.5 Å². The highest BCUT2D eigenvalue weighted by Gasteiger charge is 2.13. The molecule has 0 heterocycles. The van der Waals surface area contributed by atoms with Crippen LogP contribution in [0.4, 0.5) is 5.69 Å². The topological polar surface area (TPSA) is 89.3 Å². The SMILES string of the molecule is Cc1c(N)cccc1C[C@H](N)C(=O)O. The van der Waals surface area contributed by atoms with E-state index >= 15 is 0 Å². The fraction of sp³-hybridized carbons (Fsp3) is 0.300. The molecule has 1 atom stereocenters. The van der Waals surface area contributed by atoms with Crippen LogP contribution in [-0.4, -0.2) is 17.1 Å². The van der Waals surface area contributed by atoms with Gasteiger partial charge in [-0.3, -0.25) is 4.79 Å². The van der Waals surface area contributed by atoms with Crippen molar-refractivity contribution in [3.05, 3.63) is 29.3 Å². The maximum absolute atomic E-state index is 10.5. The van der Waals surface area contributed by atoms with Crippen molar-refractivity contribution in [1.29, 1.82) is 0 Å². The zero-order valence-electron chi connectivity index (χ0n) is 8.03. The van der Waals surface area contributed by atoms with Crippen LogP contribution in [-0.2, 0) is 11.2 Å². The first-order valence-corrected chi connectivity index (χ1v) is 4.34. The molecule has 14 heavy (non-hydrogen) atoms. The van der Waals surface area contributed by atoms with Crippen LogP contribution in [0.1, 0.15) is 11.1 Å². The lowest BCUT2D eigenvalue weighted by Crippen LogP contribution is -2.32. The molecule has 0 aromatic heterocycles. The van der Waals surface area contributed by atoms with E-state index in [2.05, 4.69) is 0 Å². The Balaban J connectivity index is 2.87. The van der Waals surface area contributed by atoms with Crippen LogP contribution in [0.5, 0.6) is 0 Å². The molecule has 0 unspecified atom stereocenters. The fourth-order valence-corrected chi connectivity index (χ4v) is 1.25. The molecule has 0 aliphatic rings. The van der Waals surface area contributed by atoms with Gasteiger partial charge in [0.25, 0.3) is 0 Å². The van der Waals surface area contributed by atoms with E-state index in [0.717, 1.165) is 11.1 Å². The summed E-state index contributed by atoms with van der Waals surface area (Å²) in [4.78, 5) is 10.5. The van der Waals surface area contributed by atoms with Gasteiger partial charge < -0.3 is 16.6 Å². The van der Waals surface area contributed by atoms with Crippen molar-refractivity contribution in [2.24, 2.45) is 5.73 Å². The van der Waals surface area contributed by atoms with Gasteiger partial charge in [-0.25, -0.2) is 0 Å². The van der Waals surface area contributed by atoms with E-state index in [9.17, 15) is 4.79 Å². The second-order valence-electron chi connectivity index (χ2n) is 3.28. The van der Waals surface area contributed by atoms with E-state index < -0.39 is 12.0 Å². The Kier molecular flexibility index (Phi) is 3.09. The van der Waals surface area contributed by atoms with Gasteiger partial charge in [0, 0.05) is 5.69 Å². The third kappa shape index (κ3) is 2.23. The molecule has 0 amide bonds. The Hall–Kier alpha value is -1.55. The van der Waals surface area contributed by atoms with Crippen LogP contribution in [0.2, 0.25) is 0 Å². The summed E-state index contributed by atoms with van der Waals surface area (Å²) in [5.74, 6) is -0.994. The maximum atomic E-state index is 10.5. The summed E-state index contributed by atoms with van der Waals surface area (Å²) in [7, 11) is 0. The molecule has 0 aliphatic carbocycles.